The Morgan fingerprint density at radius 1 is 0.761 bits per heavy atom. The largest absolute Gasteiger partial charge is 0.382 e. The molecule has 0 spiro atoms. The highest BCUT2D eigenvalue weighted by Crippen LogP contribution is 2.44. The number of carbonyl (C=O) groups is 4. The summed E-state index contributed by atoms with van der Waals surface area (Å²) >= 11 is 0. The third kappa shape index (κ3) is 21.5. The summed E-state index contributed by atoms with van der Waals surface area (Å²) in [6, 6.07) is 16.8. The number of aryl methyl sites for hydroxylation is 1. The van der Waals surface area contributed by atoms with Crippen LogP contribution in [-0.2, 0) is 79.2 Å². The molecule has 1 aliphatic carbocycles. The number of nitrogens with one attached hydrogen (secondary N) is 5. The summed E-state index contributed by atoms with van der Waals surface area (Å²) in [4.78, 5) is 83.8. The highest BCUT2D eigenvalue weighted by molar-refractivity contribution is 5.98. The minimum Gasteiger partial charge on any atom is -0.382 e. The molecule has 3 fully saturated rings. The quantitative estimate of drug-likeness (QED) is 0.0186. The first kappa shape index (κ1) is 70.9. The summed E-state index contributed by atoms with van der Waals surface area (Å²) in [5.41, 5.74) is 8.22. The molecule has 0 radical (unpaired) electrons. The Labute approximate surface area is 537 Å². The zero-order chi connectivity index (χ0) is 65.0. The highest BCUT2D eigenvalue weighted by atomic mass is 16.6. The molecule has 0 unspecified atom stereocenters. The minimum absolute atomic E-state index is 0.0180. The van der Waals surface area contributed by atoms with Crippen molar-refractivity contribution >= 4 is 51.4 Å². The van der Waals surface area contributed by atoms with Crippen LogP contribution in [0.15, 0.2) is 71.8 Å². The maximum absolute atomic E-state index is 13.4. The van der Waals surface area contributed by atoms with Crippen LogP contribution in [0.4, 0.5) is 5.95 Å². The lowest BCUT2D eigenvalue weighted by Gasteiger charge is -2.45. The van der Waals surface area contributed by atoms with Gasteiger partial charge in [-0.05, 0) is 74.8 Å². The molecule has 92 heavy (non-hydrogen) atoms. The van der Waals surface area contributed by atoms with Crippen molar-refractivity contribution in [3.63, 3.8) is 0 Å². The van der Waals surface area contributed by atoms with Crippen LogP contribution in [0.5, 0.6) is 0 Å². The number of amides is 4. The van der Waals surface area contributed by atoms with Gasteiger partial charge in [0, 0.05) is 87.1 Å². The lowest BCUT2D eigenvalue weighted by Crippen LogP contribution is -2.55. The van der Waals surface area contributed by atoms with E-state index in [-0.39, 0.29) is 56.8 Å². The van der Waals surface area contributed by atoms with Gasteiger partial charge in [0.25, 0.3) is 5.56 Å². The van der Waals surface area contributed by atoms with Gasteiger partial charge in [0.1, 0.15) is 18.3 Å². The van der Waals surface area contributed by atoms with E-state index in [9.17, 15) is 24.0 Å². The molecule has 5 aromatic rings. The van der Waals surface area contributed by atoms with Gasteiger partial charge in [-0.15, -0.1) is 6.42 Å². The Hall–Kier alpha value is -6.97. The number of anilines is 1. The van der Waals surface area contributed by atoms with E-state index in [1.807, 2.05) is 54.7 Å². The third-order valence-electron chi connectivity index (χ3n) is 16.5. The summed E-state index contributed by atoms with van der Waals surface area (Å²) in [5.74, 6) is 0.512. The lowest BCUT2D eigenvalue weighted by molar-refractivity contribution is -0.132. The van der Waals surface area contributed by atoms with Gasteiger partial charge in [-0.25, -0.2) is 9.97 Å². The van der Waals surface area contributed by atoms with Crippen molar-refractivity contribution in [2.75, 3.05) is 164 Å². The molecule has 26 heteroatoms. The Kier molecular flexibility index (Phi) is 28.6. The predicted octanol–water partition coefficient (Wildman–Crippen LogP) is 2.66. The molecule has 1 saturated carbocycles. The first-order valence-corrected chi connectivity index (χ1v) is 31.9. The molecule has 2 atom stereocenters. The molecule has 3 aromatic heterocycles. The number of fused-ring (bicyclic) bond motifs is 2. The molecule has 3 aliphatic rings. The Bertz CT molecular complexity index is 3220. The Morgan fingerprint density at radius 2 is 1.38 bits per heavy atom. The second-order valence-corrected chi connectivity index (χ2v) is 23.3. The number of likely N-dealkylation sites (tertiary alicyclic amines) is 1. The van der Waals surface area contributed by atoms with E-state index in [4.69, 9.17) is 69.5 Å². The maximum atomic E-state index is 13.4. The van der Waals surface area contributed by atoms with Crippen molar-refractivity contribution in [3.05, 3.63) is 88.6 Å². The van der Waals surface area contributed by atoms with Gasteiger partial charge in [-0.1, -0.05) is 42.3 Å². The molecule has 5 heterocycles. The number of hydrogen-bond donors (Lipinski definition) is 6. The summed E-state index contributed by atoms with van der Waals surface area (Å²) in [6.45, 7) is 11.3. The number of nitrogens with zero attached hydrogens (tertiary/aromatic N) is 5. The molecule has 7 N–H and O–H groups in total. The topological polar surface area (TPSA) is 305 Å². The lowest BCUT2D eigenvalue weighted by atomic mass is 9.87. The minimum atomic E-state index is -1.35. The number of pyridine rings is 1. The second-order valence-electron chi connectivity index (χ2n) is 23.3. The first-order chi connectivity index (χ1) is 44.8. The van der Waals surface area contributed by atoms with Gasteiger partial charge >= 0.3 is 0 Å². The van der Waals surface area contributed by atoms with Gasteiger partial charge in [-0.3, -0.25) is 24.0 Å². The number of H-pyrrole nitrogens is 1. The molecular formula is C66H93N11O15. The number of aromatic nitrogens is 4. The molecule has 502 valence electrons. The molecule has 8 rings (SSSR count). The fraction of sp³-hybridized carbons (Fsp3) is 0.591. The molecule has 4 amide bonds. The SMILES string of the molecule is C#CCNC1(C)CCN(C2CCN(c3nc([C@@](COCNC(=O)CNC(=O)[C@H](CC(N)=O)NC(=O)CCOCCOCCOCCOCCOCCOCCOCCOC)(OC4CC4)c4ccccc4)c4cc(-c5cn(C)c(=O)c6[nH]ccc56)ccc4n3)CC2)CC1. The second kappa shape index (κ2) is 37.1. The van der Waals surface area contributed by atoms with Crippen LogP contribution in [-0.4, -0.2) is 231 Å². The third-order valence-corrected chi connectivity index (χ3v) is 16.5. The van der Waals surface area contributed by atoms with Gasteiger partial charge in [0.05, 0.1) is 143 Å². The van der Waals surface area contributed by atoms with Crippen LogP contribution < -0.4 is 37.5 Å². The number of aromatic amines is 1. The average molecular weight is 1280 g/mol. The fourth-order valence-electron chi connectivity index (χ4n) is 11.2. The van der Waals surface area contributed by atoms with E-state index in [0.29, 0.717) is 120 Å². The van der Waals surface area contributed by atoms with E-state index >= 15 is 0 Å². The van der Waals surface area contributed by atoms with Crippen molar-refractivity contribution in [2.45, 2.75) is 87.6 Å². The number of piperidine rings is 2. The number of primary amides is 1. The summed E-state index contributed by atoms with van der Waals surface area (Å²) in [6.07, 6.45) is 14.0. The summed E-state index contributed by atoms with van der Waals surface area (Å²) < 4.78 is 58.5. The van der Waals surface area contributed by atoms with Crippen molar-refractivity contribution in [3.8, 4) is 23.5 Å². The number of methoxy groups -OCH3 is 1. The number of terminal acetylenes is 1. The van der Waals surface area contributed by atoms with Crippen molar-refractivity contribution < 1.29 is 66.5 Å². The van der Waals surface area contributed by atoms with Crippen molar-refractivity contribution in [1.29, 1.82) is 0 Å². The molecule has 2 saturated heterocycles. The van der Waals surface area contributed by atoms with E-state index in [2.05, 4.69) is 55.0 Å². The molecule has 26 nitrogen and oxygen atoms in total. The smallest absolute Gasteiger partial charge is 0.274 e. The predicted molar refractivity (Wildman–Crippen MR) is 345 cm³/mol. The summed E-state index contributed by atoms with van der Waals surface area (Å²) in [5, 5.41) is 12.8. The highest BCUT2D eigenvalue weighted by Gasteiger charge is 2.45. The molecular weight excluding hydrogens is 1190 g/mol. The van der Waals surface area contributed by atoms with Gasteiger partial charge in [-0.2, -0.15) is 0 Å². The van der Waals surface area contributed by atoms with Crippen LogP contribution in [0.2, 0.25) is 0 Å². The normalized spacial score (nSPS) is 16.3. The van der Waals surface area contributed by atoms with Crippen LogP contribution >= 0.6 is 0 Å². The van der Waals surface area contributed by atoms with Gasteiger partial charge in [0.2, 0.25) is 29.6 Å². The van der Waals surface area contributed by atoms with E-state index in [1.165, 1.54) is 0 Å². The van der Waals surface area contributed by atoms with Crippen LogP contribution in [0.3, 0.4) is 0 Å². The monoisotopic (exact) mass is 1280 g/mol. The van der Waals surface area contributed by atoms with E-state index in [0.717, 1.165) is 86.8 Å². The Balaban J connectivity index is 0.830. The molecule has 0 bridgehead atoms. The zero-order valence-electron chi connectivity index (χ0n) is 53.5. The fourth-order valence-corrected chi connectivity index (χ4v) is 11.2. The number of rotatable bonds is 43. The van der Waals surface area contributed by atoms with Crippen LogP contribution in [0.1, 0.15) is 69.5 Å². The average Bonchev–Trinajstić information content (AvgIpc) is 0.918. The maximum Gasteiger partial charge on any atom is 0.274 e. The van der Waals surface area contributed by atoms with Gasteiger partial charge in [0.15, 0.2) is 5.60 Å². The Morgan fingerprint density at radius 3 is 1.98 bits per heavy atom. The van der Waals surface area contributed by atoms with Crippen LogP contribution in [0, 0.1) is 12.3 Å². The van der Waals surface area contributed by atoms with Crippen molar-refractivity contribution in [1.82, 2.24) is 45.7 Å². The molecule has 2 aliphatic heterocycles. The first-order valence-electron chi connectivity index (χ1n) is 31.9. The van der Waals surface area contributed by atoms with Gasteiger partial charge < -0.3 is 93.7 Å². The number of carbonyl (C=O) groups excluding carboxylic acids is 4. The van der Waals surface area contributed by atoms with Crippen LogP contribution in [0.25, 0.3) is 32.9 Å². The molecule has 2 aromatic carbocycles. The number of nitrogens with two attached hydrogens (primary N) is 1. The van der Waals surface area contributed by atoms with E-state index in [1.54, 1.807) is 24.9 Å². The number of hydrogen-bond acceptors (Lipinski definition) is 20. The standard InChI is InChI=1S/C66H93N11O15/c1-5-21-71-65(2)19-25-76(26-20-65)50-16-23-77(24-17-50)64-73-55-14-11-48(54-45-75(3)63(82)60-52(54)15-22-68-60)42-53(55)61(74-64)66(92-51-12-13-51,49-9-7-6-8-10-49)46-91-47-70-59(80)44-69-62(81)56(43-57(67)78)72-58(79)18-27-84-30-31-86-34-35-88-38-39-90-41-40-89-37-36-87-33-32-85-29-28-83-4/h1,6-11,14-15,22,42,45,50-51,56,68,71H,12-13,16-21,23-41,43-44,46-47H2,2-4H3,(H2,67,78)(H,69,81)(H,70,80)(H,72,79)/t56-,66-/m0/s1. The van der Waals surface area contributed by atoms with E-state index < -0.39 is 48.2 Å². The summed E-state index contributed by atoms with van der Waals surface area (Å²) in [7, 11) is 3.36. The van der Waals surface area contributed by atoms with Crippen molar-refractivity contribution in [2.24, 2.45) is 12.8 Å². The zero-order valence-corrected chi connectivity index (χ0v) is 53.5. The number of ether oxygens (including phenoxy) is 10. The number of benzene rings is 2.